The van der Waals surface area contributed by atoms with E-state index in [2.05, 4.69) is 15.1 Å². The second kappa shape index (κ2) is 5.43. The molecule has 1 aromatic rings. The molecule has 0 radical (unpaired) electrons. The van der Waals surface area contributed by atoms with E-state index in [1.165, 1.54) is 5.57 Å². The van der Waals surface area contributed by atoms with Crippen molar-refractivity contribution in [3.05, 3.63) is 29.1 Å². The van der Waals surface area contributed by atoms with Crippen molar-refractivity contribution in [2.45, 2.75) is 26.4 Å². The molecule has 1 fully saturated rings. The first-order chi connectivity index (χ1) is 10.3. The highest BCUT2D eigenvalue weighted by molar-refractivity contribution is 6.29. The predicted molar refractivity (Wildman–Crippen MR) is 83.8 cm³/mol. The lowest BCUT2D eigenvalue weighted by Gasteiger charge is -2.25. The van der Waals surface area contributed by atoms with Crippen molar-refractivity contribution >= 4 is 23.5 Å². The smallest absolute Gasteiger partial charge is 0.410 e. The van der Waals surface area contributed by atoms with Gasteiger partial charge in [0.2, 0.25) is 0 Å². The van der Waals surface area contributed by atoms with E-state index < -0.39 is 5.60 Å². The average Bonchev–Trinajstić information content (AvgIpc) is 2.95. The number of ether oxygens (including phenoxy) is 1. The molecule has 118 valence electrons. The molecule has 3 heterocycles. The number of carbonyl (C=O) groups excluding carboxylic acids is 1. The summed E-state index contributed by atoms with van der Waals surface area (Å²) >= 11 is 5.76. The van der Waals surface area contributed by atoms with Gasteiger partial charge in [-0.25, -0.2) is 4.79 Å². The van der Waals surface area contributed by atoms with Gasteiger partial charge in [0, 0.05) is 31.8 Å². The zero-order valence-corrected chi connectivity index (χ0v) is 13.7. The summed E-state index contributed by atoms with van der Waals surface area (Å²) in [7, 11) is 0. The predicted octanol–water partition coefficient (Wildman–Crippen LogP) is 2.70. The van der Waals surface area contributed by atoms with Gasteiger partial charge in [-0.2, -0.15) is 0 Å². The first-order valence-electron chi connectivity index (χ1n) is 7.26. The lowest BCUT2D eigenvalue weighted by Crippen LogP contribution is -2.36. The lowest BCUT2D eigenvalue weighted by atomic mass is 10.1. The van der Waals surface area contributed by atoms with Crippen LogP contribution in [-0.4, -0.2) is 46.4 Å². The maximum atomic E-state index is 12.1. The minimum absolute atomic E-state index is 0.249. The summed E-state index contributed by atoms with van der Waals surface area (Å²) < 4.78 is 5.42. The minimum atomic E-state index is -0.464. The molecule has 22 heavy (non-hydrogen) atoms. The third-order valence-electron chi connectivity index (χ3n) is 3.64. The number of hydrogen-bond donors (Lipinski definition) is 0. The number of rotatable bonds is 1. The van der Waals surface area contributed by atoms with Crippen molar-refractivity contribution < 1.29 is 9.53 Å². The summed E-state index contributed by atoms with van der Waals surface area (Å²) in [5, 5.41) is 8.33. The highest BCUT2D eigenvalue weighted by Gasteiger charge is 2.37. The summed E-state index contributed by atoms with van der Waals surface area (Å²) in [6.07, 6.45) is 1.80. The topological polar surface area (TPSA) is 58.6 Å². The number of fused-ring (bicyclic) bond motifs is 1. The van der Waals surface area contributed by atoms with Crippen LogP contribution in [0.5, 0.6) is 0 Å². The Bertz CT molecular complexity index is 609. The Hall–Kier alpha value is -1.82. The second-order valence-electron chi connectivity index (χ2n) is 6.63. The minimum Gasteiger partial charge on any atom is -0.444 e. The van der Waals surface area contributed by atoms with Crippen molar-refractivity contribution in [2.24, 2.45) is 5.92 Å². The van der Waals surface area contributed by atoms with Crippen molar-refractivity contribution in [1.82, 2.24) is 15.1 Å². The molecule has 0 bridgehead atoms. The third kappa shape index (κ3) is 3.16. The Labute approximate surface area is 134 Å². The fourth-order valence-electron chi connectivity index (χ4n) is 2.70. The van der Waals surface area contributed by atoms with Gasteiger partial charge in [0.05, 0.1) is 0 Å². The van der Waals surface area contributed by atoms with Gasteiger partial charge in [-0.15, -0.1) is 10.2 Å². The molecule has 1 amide bonds. The molecule has 1 atom stereocenters. The van der Waals surface area contributed by atoms with Gasteiger partial charge in [-0.3, -0.25) is 0 Å². The average molecular weight is 323 g/mol. The Morgan fingerprint density at radius 3 is 2.68 bits per heavy atom. The van der Waals surface area contributed by atoms with E-state index in [4.69, 9.17) is 16.3 Å². The van der Waals surface area contributed by atoms with Crippen LogP contribution in [0.1, 0.15) is 20.8 Å². The third-order valence-corrected chi connectivity index (χ3v) is 3.84. The molecule has 0 aromatic carbocycles. The van der Waals surface area contributed by atoms with Gasteiger partial charge in [0.1, 0.15) is 5.60 Å². The van der Waals surface area contributed by atoms with Crippen LogP contribution in [0.3, 0.4) is 0 Å². The summed E-state index contributed by atoms with van der Waals surface area (Å²) in [6.45, 7) is 7.71. The van der Waals surface area contributed by atoms with Gasteiger partial charge in [0.15, 0.2) is 11.0 Å². The molecule has 0 aliphatic carbocycles. The maximum absolute atomic E-state index is 12.1. The number of carbonyl (C=O) groups is 1. The van der Waals surface area contributed by atoms with Crippen molar-refractivity contribution in [2.75, 3.05) is 24.5 Å². The molecule has 1 unspecified atom stereocenters. The van der Waals surface area contributed by atoms with E-state index >= 15 is 0 Å². The summed E-state index contributed by atoms with van der Waals surface area (Å²) in [5.41, 5.74) is 0.760. The highest BCUT2D eigenvalue weighted by atomic mass is 35.5. The molecule has 7 heteroatoms. The number of halogens is 1. The van der Waals surface area contributed by atoms with Crippen LogP contribution in [0, 0.1) is 5.92 Å². The first kappa shape index (κ1) is 15.1. The van der Waals surface area contributed by atoms with Crippen molar-refractivity contribution in [3.63, 3.8) is 0 Å². The van der Waals surface area contributed by atoms with E-state index in [-0.39, 0.29) is 6.09 Å². The summed E-state index contributed by atoms with van der Waals surface area (Å²) in [4.78, 5) is 15.9. The number of nitrogens with zero attached hydrogens (tertiary/aromatic N) is 4. The van der Waals surface area contributed by atoms with Crippen LogP contribution < -0.4 is 4.90 Å². The normalized spacial score (nSPS) is 20.9. The zero-order chi connectivity index (χ0) is 15.9. The Kier molecular flexibility index (Phi) is 3.72. The summed E-state index contributed by atoms with van der Waals surface area (Å²) in [5.74, 6) is 1.10. The summed E-state index contributed by atoms with van der Waals surface area (Å²) in [6, 6.07) is 3.57. The molecule has 6 nitrogen and oxygen atoms in total. The second-order valence-corrected chi connectivity index (χ2v) is 7.02. The van der Waals surface area contributed by atoms with Crippen LogP contribution in [0.25, 0.3) is 0 Å². The monoisotopic (exact) mass is 322 g/mol. The Balaban J connectivity index is 1.66. The molecule has 1 saturated heterocycles. The molecular formula is C15H19ClN4O2. The van der Waals surface area contributed by atoms with E-state index in [0.29, 0.717) is 24.2 Å². The van der Waals surface area contributed by atoms with Crippen molar-refractivity contribution in [1.29, 1.82) is 0 Å². The SMILES string of the molecule is CC(C)(C)OC(=O)N1CC2=CN(c3ccc(Cl)nn3)CC2C1. The van der Waals surface area contributed by atoms with E-state index in [1.54, 1.807) is 11.0 Å². The van der Waals surface area contributed by atoms with Crippen LogP contribution in [0.15, 0.2) is 23.9 Å². The Morgan fingerprint density at radius 1 is 1.32 bits per heavy atom. The van der Waals surface area contributed by atoms with Crippen LogP contribution in [0.4, 0.5) is 10.6 Å². The number of amides is 1. The fraction of sp³-hybridized carbons (Fsp3) is 0.533. The van der Waals surface area contributed by atoms with Crippen LogP contribution in [0.2, 0.25) is 5.15 Å². The van der Waals surface area contributed by atoms with Crippen LogP contribution >= 0.6 is 11.6 Å². The first-order valence-corrected chi connectivity index (χ1v) is 7.64. The number of anilines is 1. The lowest BCUT2D eigenvalue weighted by molar-refractivity contribution is 0.0291. The standard InChI is InChI=1S/C15H19ClN4O2/c1-15(2,3)22-14(21)20-8-10-6-19(7-11(10)9-20)13-5-4-12(16)17-18-13/h4-6,11H,7-9H2,1-3H3. The van der Waals surface area contributed by atoms with E-state index in [1.807, 2.05) is 33.0 Å². The van der Waals surface area contributed by atoms with Gasteiger partial charge >= 0.3 is 6.09 Å². The van der Waals surface area contributed by atoms with E-state index in [9.17, 15) is 4.79 Å². The maximum Gasteiger partial charge on any atom is 0.410 e. The quantitative estimate of drug-likeness (QED) is 0.795. The van der Waals surface area contributed by atoms with Gasteiger partial charge < -0.3 is 14.5 Å². The molecule has 2 aliphatic heterocycles. The number of aromatic nitrogens is 2. The molecule has 0 spiro atoms. The molecule has 3 rings (SSSR count). The van der Waals surface area contributed by atoms with Gasteiger partial charge in [0.25, 0.3) is 0 Å². The number of hydrogen-bond acceptors (Lipinski definition) is 5. The fourth-order valence-corrected chi connectivity index (χ4v) is 2.80. The van der Waals surface area contributed by atoms with Crippen molar-refractivity contribution in [3.8, 4) is 0 Å². The molecular weight excluding hydrogens is 304 g/mol. The van der Waals surface area contributed by atoms with Gasteiger partial charge in [-0.1, -0.05) is 11.6 Å². The number of likely N-dealkylation sites (tertiary alicyclic amines) is 1. The van der Waals surface area contributed by atoms with Crippen LogP contribution in [-0.2, 0) is 4.74 Å². The molecule has 0 N–H and O–H groups in total. The molecule has 0 saturated carbocycles. The zero-order valence-electron chi connectivity index (χ0n) is 12.9. The van der Waals surface area contributed by atoms with E-state index in [0.717, 1.165) is 12.4 Å². The molecule has 1 aromatic heterocycles. The Morgan fingerprint density at radius 2 is 2.09 bits per heavy atom. The van der Waals surface area contributed by atoms with Gasteiger partial charge in [-0.05, 0) is 38.5 Å². The largest absolute Gasteiger partial charge is 0.444 e. The highest BCUT2D eigenvalue weighted by Crippen LogP contribution is 2.32. The molecule has 2 aliphatic rings.